The van der Waals surface area contributed by atoms with E-state index in [2.05, 4.69) is 4.98 Å². The third-order valence-electron chi connectivity index (χ3n) is 1.53. The van der Waals surface area contributed by atoms with E-state index in [-0.39, 0.29) is 12.4 Å². The number of hydrogen-bond donors (Lipinski definition) is 0. The van der Waals surface area contributed by atoms with Gasteiger partial charge in [-0.05, 0) is 18.6 Å². The molecule has 1 aromatic rings. The summed E-state index contributed by atoms with van der Waals surface area (Å²) in [5.74, 6) is -0.0611. The minimum absolute atomic E-state index is 0.0611. The quantitative estimate of drug-likeness (QED) is 0.510. The molecule has 0 radical (unpaired) electrons. The third kappa shape index (κ3) is 3.34. The minimum Gasteiger partial charge on any atom is -0.373 e. The van der Waals surface area contributed by atoms with E-state index in [1.54, 1.807) is 24.4 Å². The smallest absolute Gasteiger partial charge is 0.206 e. The topological polar surface area (TPSA) is 39.2 Å². The Hall–Kier alpha value is -1.22. The Bertz CT molecular complexity index is 259. The zero-order valence-electron chi connectivity index (χ0n) is 7.69. The molecule has 0 aliphatic rings. The lowest BCUT2D eigenvalue weighted by Crippen LogP contribution is -2.10. The normalized spacial score (nSPS) is 9.92. The minimum atomic E-state index is -0.0611. The van der Waals surface area contributed by atoms with Crippen molar-refractivity contribution in [3.63, 3.8) is 0 Å². The largest absolute Gasteiger partial charge is 0.373 e. The molecule has 0 aliphatic heterocycles. The van der Waals surface area contributed by atoms with Crippen LogP contribution in [0.2, 0.25) is 0 Å². The van der Waals surface area contributed by atoms with Crippen molar-refractivity contribution in [1.82, 2.24) is 4.98 Å². The maximum absolute atomic E-state index is 11.3. The van der Waals surface area contributed by atoms with Gasteiger partial charge in [-0.3, -0.25) is 9.78 Å². The number of pyridine rings is 1. The molecule has 1 heterocycles. The number of hydrogen-bond acceptors (Lipinski definition) is 3. The second kappa shape index (κ2) is 5.43. The number of aromatic nitrogens is 1. The summed E-state index contributed by atoms with van der Waals surface area (Å²) >= 11 is 0. The molecule has 0 N–H and O–H groups in total. The lowest BCUT2D eigenvalue weighted by atomic mass is 10.2. The first-order chi connectivity index (χ1) is 6.34. The van der Waals surface area contributed by atoms with Gasteiger partial charge in [-0.15, -0.1) is 0 Å². The fraction of sp³-hybridized carbons (Fsp3) is 0.400. The molecule has 0 unspecified atom stereocenters. The van der Waals surface area contributed by atoms with Crippen molar-refractivity contribution in [2.45, 2.75) is 13.3 Å². The second-order valence-corrected chi connectivity index (χ2v) is 2.69. The molecule has 0 saturated heterocycles. The molecule has 0 aliphatic carbocycles. The zero-order chi connectivity index (χ0) is 9.52. The highest BCUT2D eigenvalue weighted by molar-refractivity contribution is 5.95. The maximum atomic E-state index is 11.3. The van der Waals surface area contributed by atoms with E-state index in [1.165, 1.54) is 0 Å². The highest BCUT2D eigenvalue weighted by Gasteiger charge is 2.05. The monoisotopic (exact) mass is 179 g/mol. The fourth-order valence-electron chi connectivity index (χ4n) is 0.911. The summed E-state index contributed by atoms with van der Waals surface area (Å²) in [6, 6.07) is 5.27. The lowest BCUT2D eigenvalue weighted by Gasteiger charge is -2.00. The Morgan fingerprint density at radius 3 is 3.00 bits per heavy atom. The third-order valence-corrected chi connectivity index (χ3v) is 1.53. The summed E-state index contributed by atoms with van der Waals surface area (Å²) in [6.07, 6.45) is 2.53. The van der Waals surface area contributed by atoms with Crippen molar-refractivity contribution in [1.29, 1.82) is 0 Å². The van der Waals surface area contributed by atoms with Gasteiger partial charge in [-0.1, -0.05) is 13.0 Å². The van der Waals surface area contributed by atoms with Gasteiger partial charge in [0.1, 0.15) is 12.3 Å². The van der Waals surface area contributed by atoms with E-state index in [1.807, 2.05) is 6.92 Å². The number of rotatable bonds is 5. The average Bonchev–Trinajstić information content (AvgIpc) is 2.19. The molecule has 0 bridgehead atoms. The lowest BCUT2D eigenvalue weighted by molar-refractivity contribution is 0.0756. The van der Waals surface area contributed by atoms with Gasteiger partial charge < -0.3 is 4.74 Å². The molecular formula is C10H13NO2. The molecule has 0 aromatic carbocycles. The number of carbonyl (C=O) groups excluding carboxylic acids is 1. The Morgan fingerprint density at radius 1 is 1.54 bits per heavy atom. The van der Waals surface area contributed by atoms with Crippen LogP contribution in [-0.2, 0) is 4.74 Å². The number of ether oxygens (including phenoxy) is 1. The second-order valence-electron chi connectivity index (χ2n) is 2.69. The molecule has 3 nitrogen and oxygen atoms in total. The van der Waals surface area contributed by atoms with Crippen LogP contribution in [0.3, 0.4) is 0 Å². The summed E-state index contributed by atoms with van der Waals surface area (Å²) in [5, 5.41) is 0. The Balaban J connectivity index is 2.40. The summed E-state index contributed by atoms with van der Waals surface area (Å²) < 4.78 is 5.11. The summed E-state index contributed by atoms with van der Waals surface area (Å²) in [6.45, 7) is 2.76. The van der Waals surface area contributed by atoms with E-state index in [0.717, 1.165) is 6.42 Å². The fourth-order valence-corrected chi connectivity index (χ4v) is 0.911. The standard InChI is InChI=1S/C10H13NO2/c1-2-7-13-8-10(12)9-5-3-4-6-11-9/h3-6H,2,7-8H2,1H3. The van der Waals surface area contributed by atoms with Gasteiger partial charge in [0.05, 0.1) is 0 Å². The van der Waals surface area contributed by atoms with Crippen LogP contribution in [-0.4, -0.2) is 24.0 Å². The van der Waals surface area contributed by atoms with Crippen LogP contribution in [0.15, 0.2) is 24.4 Å². The highest BCUT2D eigenvalue weighted by Crippen LogP contribution is 1.95. The SMILES string of the molecule is CCCOCC(=O)c1ccccn1. The van der Waals surface area contributed by atoms with E-state index in [4.69, 9.17) is 4.74 Å². The molecule has 1 rings (SSSR count). The predicted molar refractivity (Wildman–Crippen MR) is 49.7 cm³/mol. The maximum Gasteiger partial charge on any atom is 0.206 e. The molecule has 0 saturated carbocycles. The first-order valence-electron chi connectivity index (χ1n) is 4.36. The van der Waals surface area contributed by atoms with Crippen molar-refractivity contribution in [3.05, 3.63) is 30.1 Å². The van der Waals surface area contributed by atoms with Crippen LogP contribution in [0.1, 0.15) is 23.8 Å². The van der Waals surface area contributed by atoms with Crippen LogP contribution in [0.4, 0.5) is 0 Å². The predicted octanol–water partition coefficient (Wildman–Crippen LogP) is 1.69. The van der Waals surface area contributed by atoms with E-state index < -0.39 is 0 Å². The summed E-state index contributed by atoms with van der Waals surface area (Å²) in [7, 11) is 0. The summed E-state index contributed by atoms with van der Waals surface area (Å²) in [4.78, 5) is 15.3. The van der Waals surface area contributed by atoms with Gasteiger partial charge in [-0.25, -0.2) is 0 Å². The molecule has 13 heavy (non-hydrogen) atoms. The summed E-state index contributed by atoms with van der Waals surface area (Å²) in [5.41, 5.74) is 0.471. The first kappa shape index (κ1) is 9.86. The van der Waals surface area contributed by atoms with Gasteiger partial charge in [0, 0.05) is 12.8 Å². The molecular weight excluding hydrogens is 166 g/mol. The van der Waals surface area contributed by atoms with Gasteiger partial charge in [0.15, 0.2) is 0 Å². The first-order valence-corrected chi connectivity index (χ1v) is 4.36. The van der Waals surface area contributed by atoms with Crippen LogP contribution in [0.5, 0.6) is 0 Å². The number of ketones is 1. The molecule has 70 valence electrons. The Labute approximate surface area is 77.8 Å². The van der Waals surface area contributed by atoms with Crippen LogP contribution < -0.4 is 0 Å². The number of Topliss-reactive ketones (excluding diaryl/α,β-unsaturated/α-hetero) is 1. The molecule has 1 aromatic heterocycles. The number of carbonyl (C=O) groups is 1. The van der Waals surface area contributed by atoms with Crippen molar-refractivity contribution in [3.8, 4) is 0 Å². The van der Waals surface area contributed by atoms with Crippen LogP contribution >= 0.6 is 0 Å². The van der Waals surface area contributed by atoms with Gasteiger partial charge in [0.25, 0.3) is 0 Å². The zero-order valence-corrected chi connectivity index (χ0v) is 7.69. The van der Waals surface area contributed by atoms with E-state index in [9.17, 15) is 4.79 Å². The van der Waals surface area contributed by atoms with Gasteiger partial charge in [-0.2, -0.15) is 0 Å². The molecule has 0 fully saturated rings. The van der Waals surface area contributed by atoms with Gasteiger partial charge in [0.2, 0.25) is 5.78 Å². The van der Waals surface area contributed by atoms with Crippen LogP contribution in [0, 0.1) is 0 Å². The van der Waals surface area contributed by atoms with Gasteiger partial charge >= 0.3 is 0 Å². The average molecular weight is 179 g/mol. The molecule has 3 heteroatoms. The molecule has 0 atom stereocenters. The highest BCUT2D eigenvalue weighted by atomic mass is 16.5. The van der Waals surface area contributed by atoms with Crippen molar-refractivity contribution in [2.24, 2.45) is 0 Å². The molecule has 0 spiro atoms. The van der Waals surface area contributed by atoms with Crippen molar-refractivity contribution in [2.75, 3.05) is 13.2 Å². The Morgan fingerprint density at radius 2 is 2.38 bits per heavy atom. The van der Waals surface area contributed by atoms with Crippen molar-refractivity contribution < 1.29 is 9.53 Å². The Kier molecular flexibility index (Phi) is 4.12. The van der Waals surface area contributed by atoms with E-state index >= 15 is 0 Å². The van der Waals surface area contributed by atoms with E-state index in [0.29, 0.717) is 12.3 Å². The van der Waals surface area contributed by atoms with Crippen molar-refractivity contribution >= 4 is 5.78 Å². The molecule has 0 amide bonds. The van der Waals surface area contributed by atoms with Crippen LogP contribution in [0.25, 0.3) is 0 Å². The number of nitrogens with zero attached hydrogens (tertiary/aromatic N) is 1.